The average molecular weight is 275 g/mol. The van der Waals surface area contributed by atoms with Crippen molar-refractivity contribution in [3.8, 4) is 5.75 Å². The molecule has 1 atom stereocenters. The third kappa shape index (κ3) is 3.33. The topological polar surface area (TPSA) is 69.6 Å². The molecular weight excluding hydrogens is 261 g/mol. The summed E-state index contributed by atoms with van der Waals surface area (Å²) in [5, 5.41) is 21.2. The number of aliphatic hydroxyl groups is 1. The van der Waals surface area contributed by atoms with Gasteiger partial charge in [-0.15, -0.1) is 0 Å². The zero-order valence-electron chi connectivity index (χ0n) is 10.6. The summed E-state index contributed by atoms with van der Waals surface area (Å²) in [6, 6.07) is 10.7. The van der Waals surface area contributed by atoms with Gasteiger partial charge in [-0.05, 0) is 42.0 Å². The van der Waals surface area contributed by atoms with Gasteiger partial charge < -0.3 is 15.5 Å². The fourth-order valence-electron chi connectivity index (χ4n) is 1.78. The van der Waals surface area contributed by atoms with Gasteiger partial charge in [0.05, 0.1) is 12.6 Å². The van der Waals surface area contributed by atoms with E-state index in [2.05, 4.69) is 5.32 Å². The van der Waals surface area contributed by atoms with Crippen LogP contribution >= 0.6 is 0 Å². The van der Waals surface area contributed by atoms with E-state index in [4.69, 9.17) is 0 Å². The van der Waals surface area contributed by atoms with Gasteiger partial charge in [0, 0.05) is 5.56 Å². The molecule has 0 saturated carbocycles. The van der Waals surface area contributed by atoms with Crippen molar-refractivity contribution in [1.82, 2.24) is 5.32 Å². The molecule has 2 aromatic rings. The number of carbonyl (C=O) groups is 1. The molecule has 0 saturated heterocycles. The van der Waals surface area contributed by atoms with Crippen molar-refractivity contribution in [2.24, 2.45) is 0 Å². The van der Waals surface area contributed by atoms with Crippen LogP contribution in [0.5, 0.6) is 5.75 Å². The fourth-order valence-corrected chi connectivity index (χ4v) is 1.78. The number of amides is 1. The SMILES string of the molecule is O=C(NC(CO)c1ccc(O)cc1)c1ccc(F)cc1. The van der Waals surface area contributed by atoms with Gasteiger partial charge >= 0.3 is 0 Å². The van der Waals surface area contributed by atoms with Crippen LogP contribution in [0.15, 0.2) is 48.5 Å². The van der Waals surface area contributed by atoms with Gasteiger partial charge in [-0.1, -0.05) is 12.1 Å². The van der Waals surface area contributed by atoms with E-state index in [0.717, 1.165) is 0 Å². The van der Waals surface area contributed by atoms with Crippen molar-refractivity contribution < 1.29 is 19.4 Å². The number of hydrogen-bond acceptors (Lipinski definition) is 3. The summed E-state index contributed by atoms with van der Waals surface area (Å²) in [6.07, 6.45) is 0. The lowest BCUT2D eigenvalue weighted by Crippen LogP contribution is -2.30. The third-order valence-electron chi connectivity index (χ3n) is 2.89. The Bertz CT molecular complexity index is 581. The molecule has 0 spiro atoms. The van der Waals surface area contributed by atoms with E-state index in [1.807, 2.05) is 0 Å². The summed E-state index contributed by atoms with van der Waals surface area (Å²) in [6.45, 7) is -0.280. The summed E-state index contributed by atoms with van der Waals surface area (Å²) in [4.78, 5) is 12.0. The van der Waals surface area contributed by atoms with Gasteiger partial charge in [0.25, 0.3) is 5.91 Å². The Balaban J connectivity index is 2.11. The Hall–Kier alpha value is -2.40. The predicted molar refractivity (Wildman–Crippen MR) is 71.8 cm³/mol. The predicted octanol–water partition coefficient (Wildman–Crippen LogP) is 1.99. The largest absolute Gasteiger partial charge is 0.508 e. The summed E-state index contributed by atoms with van der Waals surface area (Å²) in [5.41, 5.74) is 0.976. The van der Waals surface area contributed by atoms with Crippen LogP contribution in [0.2, 0.25) is 0 Å². The van der Waals surface area contributed by atoms with Crippen molar-refractivity contribution >= 4 is 5.91 Å². The standard InChI is InChI=1S/C15H14FNO3/c16-12-5-1-11(2-6-12)15(20)17-14(9-18)10-3-7-13(19)8-4-10/h1-8,14,18-19H,9H2,(H,17,20). The van der Waals surface area contributed by atoms with E-state index in [1.54, 1.807) is 12.1 Å². The van der Waals surface area contributed by atoms with Crippen LogP contribution in [0.3, 0.4) is 0 Å². The molecule has 20 heavy (non-hydrogen) atoms. The molecule has 0 aliphatic carbocycles. The quantitative estimate of drug-likeness (QED) is 0.799. The van der Waals surface area contributed by atoms with Crippen LogP contribution in [-0.2, 0) is 0 Å². The van der Waals surface area contributed by atoms with Gasteiger partial charge in [-0.2, -0.15) is 0 Å². The molecule has 0 bridgehead atoms. The molecule has 0 aliphatic rings. The number of rotatable bonds is 4. The monoisotopic (exact) mass is 275 g/mol. The van der Waals surface area contributed by atoms with Gasteiger partial charge in [0.1, 0.15) is 11.6 Å². The van der Waals surface area contributed by atoms with Crippen molar-refractivity contribution in [1.29, 1.82) is 0 Å². The minimum Gasteiger partial charge on any atom is -0.508 e. The summed E-state index contributed by atoms with van der Waals surface area (Å²) in [5.74, 6) is -0.716. The molecule has 4 nitrogen and oxygen atoms in total. The first-order chi connectivity index (χ1) is 9.60. The van der Waals surface area contributed by atoms with E-state index in [1.165, 1.54) is 36.4 Å². The minimum absolute atomic E-state index is 0.107. The Morgan fingerprint density at radius 2 is 1.70 bits per heavy atom. The second-order valence-electron chi connectivity index (χ2n) is 4.31. The summed E-state index contributed by atoms with van der Waals surface area (Å²) >= 11 is 0. The maximum Gasteiger partial charge on any atom is 0.251 e. The Labute approximate surface area is 115 Å². The van der Waals surface area contributed by atoms with Crippen LogP contribution < -0.4 is 5.32 Å². The Morgan fingerprint density at radius 1 is 1.10 bits per heavy atom. The smallest absolute Gasteiger partial charge is 0.251 e. The fraction of sp³-hybridized carbons (Fsp3) is 0.133. The molecule has 1 amide bonds. The van der Waals surface area contributed by atoms with Crippen LogP contribution in [-0.4, -0.2) is 22.7 Å². The number of benzene rings is 2. The number of aliphatic hydroxyl groups excluding tert-OH is 1. The normalized spacial score (nSPS) is 11.9. The third-order valence-corrected chi connectivity index (χ3v) is 2.89. The highest BCUT2D eigenvalue weighted by molar-refractivity contribution is 5.94. The molecule has 0 fully saturated rings. The summed E-state index contributed by atoms with van der Waals surface area (Å²) < 4.78 is 12.8. The first-order valence-corrected chi connectivity index (χ1v) is 6.06. The molecule has 104 valence electrons. The first-order valence-electron chi connectivity index (χ1n) is 6.06. The molecule has 0 heterocycles. The number of phenolic OH excluding ortho intramolecular Hbond substituents is 1. The van der Waals surface area contributed by atoms with E-state index < -0.39 is 17.8 Å². The van der Waals surface area contributed by atoms with Crippen LogP contribution in [0.1, 0.15) is 22.0 Å². The molecule has 5 heteroatoms. The van der Waals surface area contributed by atoms with Crippen LogP contribution in [0, 0.1) is 5.82 Å². The minimum atomic E-state index is -0.590. The molecular formula is C15H14FNO3. The van der Waals surface area contributed by atoms with E-state index in [-0.39, 0.29) is 12.4 Å². The van der Waals surface area contributed by atoms with Gasteiger partial charge in [-0.3, -0.25) is 4.79 Å². The Morgan fingerprint density at radius 3 is 2.25 bits per heavy atom. The van der Waals surface area contributed by atoms with Crippen molar-refractivity contribution in [3.05, 3.63) is 65.5 Å². The van der Waals surface area contributed by atoms with E-state index in [0.29, 0.717) is 11.1 Å². The maximum absolute atomic E-state index is 12.8. The molecule has 2 rings (SSSR count). The van der Waals surface area contributed by atoms with Crippen LogP contribution in [0.4, 0.5) is 4.39 Å². The molecule has 0 radical (unpaired) electrons. The number of hydrogen-bond donors (Lipinski definition) is 3. The highest BCUT2D eigenvalue weighted by Gasteiger charge is 2.15. The number of carbonyl (C=O) groups excluding carboxylic acids is 1. The van der Waals surface area contributed by atoms with Crippen molar-refractivity contribution in [3.63, 3.8) is 0 Å². The second-order valence-corrected chi connectivity index (χ2v) is 4.31. The zero-order chi connectivity index (χ0) is 14.5. The van der Waals surface area contributed by atoms with Crippen molar-refractivity contribution in [2.75, 3.05) is 6.61 Å². The first kappa shape index (κ1) is 14.0. The van der Waals surface area contributed by atoms with E-state index >= 15 is 0 Å². The summed E-state index contributed by atoms with van der Waals surface area (Å²) in [7, 11) is 0. The maximum atomic E-state index is 12.8. The molecule has 0 aromatic heterocycles. The van der Waals surface area contributed by atoms with Crippen molar-refractivity contribution in [2.45, 2.75) is 6.04 Å². The van der Waals surface area contributed by atoms with Crippen LogP contribution in [0.25, 0.3) is 0 Å². The highest BCUT2D eigenvalue weighted by Crippen LogP contribution is 2.17. The lowest BCUT2D eigenvalue weighted by Gasteiger charge is -2.16. The zero-order valence-corrected chi connectivity index (χ0v) is 10.6. The molecule has 2 aromatic carbocycles. The lowest BCUT2D eigenvalue weighted by molar-refractivity contribution is 0.0916. The molecule has 0 aliphatic heterocycles. The van der Waals surface area contributed by atoms with E-state index in [9.17, 15) is 19.4 Å². The number of halogens is 1. The molecule has 1 unspecified atom stereocenters. The molecule has 3 N–H and O–H groups in total. The van der Waals surface area contributed by atoms with Gasteiger partial charge in [0.15, 0.2) is 0 Å². The number of aromatic hydroxyl groups is 1. The highest BCUT2D eigenvalue weighted by atomic mass is 19.1. The number of nitrogens with one attached hydrogen (secondary N) is 1. The second kappa shape index (κ2) is 6.16. The number of phenols is 1. The Kier molecular flexibility index (Phi) is 4.32. The average Bonchev–Trinajstić information content (AvgIpc) is 2.46. The van der Waals surface area contributed by atoms with Gasteiger partial charge in [0.2, 0.25) is 0 Å². The van der Waals surface area contributed by atoms with Gasteiger partial charge in [-0.25, -0.2) is 4.39 Å². The lowest BCUT2D eigenvalue weighted by atomic mass is 10.1.